The van der Waals surface area contributed by atoms with E-state index in [9.17, 15) is 4.79 Å². The number of hydrogen-bond donors (Lipinski definition) is 1. The van der Waals surface area contributed by atoms with Crippen LogP contribution >= 0.6 is 0 Å². The third kappa shape index (κ3) is 3.06. The van der Waals surface area contributed by atoms with E-state index in [1.54, 1.807) is 18.6 Å². The van der Waals surface area contributed by atoms with Crippen molar-refractivity contribution in [2.45, 2.75) is 50.9 Å². The monoisotopic (exact) mass is 325 g/mol. The van der Waals surface area contributed by atoms with Gasteiger partial charge in [0.25, 0.3) is 0 Å². The van der Waals surface area contributed by atoms with Gasteiger partial charge in [0.05, 0.1) is 5.69 Å². The zero-order valence-corrected chi connectivity index (χ0v) is 13.8. The smallest absolute Gasteiger partial charge is 0.246 e. The van der Waals surface area contributed by atoms with Gasteiger partial charge in [-0.3, -0.25) is 19.4 Å². The van der Waals surface area contributed by atoms with Crippen LogP contribution in [0.1, 0.15) is 43.0 Å². The summed E-state index contributed by atoms with van der Waals surface area (Å²) in [6.45, 7) is 2.15. The summed E-state index contributed by atoms with van der Waals surface area (Å²) in [4.78, 5) is 19.3. The summed E-state index contributed by atoms with van der Waals surface area (Å²) in [5.41, 5.74) is 2.14. The molecule has 6 nitrogen and oxygen atoms in total. The van der Waals surface area contributed by atoms with E-state index < -0.39 is 0 Å². The zero-order chi connectivity index (χ0) is 16.4. The van der Waals surface area contributed by atoms with Gasteiger partial charge in [-0.25, -0.2) is 0 Å². The molecule has 1 N–H and O–H groups in total. The highest BCUT2D eigenvalue weighted by molar-refractivity contribution is 5.80. The van der Waals surface area contributed by atoms with Crippen molar-refractivity contribution in [2.75, 3.05) is 6.54 Å². The fourth-order valence-corrected chi connectivity index (χ4v) is 3.87. The van der Waals surface area contributed by atoms with E-state index in [1.807, 2.05) is 22.9 Å². The Hall–Kier alpha value is -2.21. The average Bonchev–Trinajstić information content (AvgIpc) is 3.30. The van der Waals surface area contributed by atoms with Gasteiger partial charge in [-0.1, -0.05) is 18.9 Å². The Morgan fingerprint density at radius 3 is 2.92 bits per heavy atom. The Labute approximate surface area is 141 Å². The number of fused-ring (bicyclic) bond motifs is 1. The molecule has 0 unspecified atom stereocenters. The van der Waals surface area contributed by atoms with Crippen molar-refractivity contribution in [1.29, 1.82) is 0 Å². The molecular weight excluding hydrogens is 302 g/mol. The number of nitrogens with zero attached hydrogens (tertiary/aromatic N) is 4. The van der Waals surface area contributed by atoms with Crippen LogP contribution in [0.15, 0.2) is 36.8 Å². The maximum absolute atomic E-state index is 12.8. The van der Waals surface area contributed by atoms with Crippen LogP contribution in [0.2, 0.25) is 0 Å². The van der Waals surface area contributed by atoms with Gasteiger partial charge >= 0.3 is 0 Å². The highest BCUT2D eigenvalue weighted by atomic mass is 16.2. The van der Waals surface area contributed by atoms with E-state index >= 15 is 0 Å². The molecule has 126 valence electrons. The van der Waals surface area contributed by atoms with Crippen LogP contribution in [0.5, 0.6) is 0 Å². The summed E-state index contributed by atoms with van der Waals surface area (Å²) >= 11 is 0. The number of carbonyl (C=O) groups excluding carboxylic acids is 1. The Bertz CT molecular complexity index is 692. The second kappa shape index (κ2) is 6.73. The summed E-state index contributed by atoms with van der Waals surface area (Å²) in [6.07, 6.45) is 10.4. The number of carbonyl (C=O) groups is 1. The van der Waals surface area contributed by atoms with Crippen LogP contribution in [0.4, 0.5) is 0 Å². The van der Waals surface area contributed by atoms with Crippen LogP contribution in [0, 0.1) is 0 Å². The minimum atomic E-state index is -0.249. The number of rotatable bonds is 4. The van der Waals surface area contributed by atoms with E-state index in [0.29, 0.717) is 12.6 Å². The lowest BCUT2D eigenvalue weighted by molar-refractivity contribution is -0.126. The van der Waals surface area contributed by atoms with Crippen molar-refractivity contribution < 1.29 is 4.79 Å². The van der Waals surface area contributed by atoms with Crippen molar-refractivity contribution in [3.63, 3.8) is 0 Å². The molecule has 0 spiro atoms. The molecule has 4 rings (SSSR count). The number of pyridine rings is 1. The number of nitrogens with one attached hydrogen (secondary N) is 1. The van der Waals surface area contributed by atoms with Gasteiger partial charge in [-0.15, -0.1) is 0 Å². The van der Waals surface area contributed by atoms with E-state index in [1.165, 1.54) is 25.7 Å². The van der Waals surface area contributed by atoms with E-state index in [2.05, 4.69) is 20.3 Å². The first-order chi connectivity index (χ1) is 11.8. The SMILES string of the molecule is O=C(NCc1cccnc1)[C@@H]1CN(C2CCCC2)Cc2ccnn21. The molecule has 0 bridgehead atoms. The zero-order valence-electron chi connectivity index (χ0n) is 13.8. The minimum Gasteiger partial charge on any atom is -0.350 e. The predicted octanol–water partition coefficient (Wildman–Crippen LogP) is 1.89. The van der Waals surface area contributed by atoms with Crippen LogP contribution in [-0.2, 0) is 17.9 Å². The highest BCUT2D eigenvalue weighted by Crippen LogP contribution is 2.29. The summed E-state index contributed by atoms with van der Waals surface area (Å²) < 4.78 is 1.89. The molecule has 1 fully saturated rings. The third-order valence-corrected chi connectivity index (χ3v) is 5.15. The molecule has 1 aliphatic carbocycles. The van der Waals surface area contributed by atoms with E-state index in [4.69, 9.17) is 0 Å². The molecular formula is C18H23N5O. The molecule has 24 heavy (non-hydrogen) atoms. The van der Waals surface area contributed by atoms with Gasteiger partial charge in [0, 0.05) is 44.3 Å². The van der Waals surface area contributed by atoms with Crippen molar-refractivity contribution in [2.24, 2.45) is 0 Å². The maximum atomic E-state index is 12.8. The topological polar surface area (TPSA) is 63.1 Å². The summed E-state index contributed by atoms with van der Waals surface area (Å²) in [5.74, 6) is 0.0338. The van der Waals surface area contributed by atoms with E-state index in [-0.39, 0.29) is 11.9 Å². The Morgan fingerprint density at radius 2 is 2.12 bits per heavy atom. The summed E-state index contributed by atoms with van der Waals surface area (Å²) in [7, 11) is 0. The van der Waals surface area contributed by atoms with Gasteiger partial charge < -0.3 is 5.32 Å². The first kappa shape index (κ1) is 15.3. The van der Waals surface area contributed by atoms with Gasteiger partial charge in [0.15, 0.2) is 0 Å². The molecule has 0 radical (unpaired) electrons. The van der Waals surface area contributed by atoms with Gasteiger partial charge in [-0.05, 0) is 30.5 Å². The molecule has 2 aromatic rings. The van der Waals surface area contributed by atoms with Crippen molar-refractivity contribution >= 4 is 5.91 Å². The Kier molecular flexibility index (Phi) is 4.30. The maximum Gasteiger partial charge on any atom is 0.246 e. The van der Waals surface area contributed by atoms with Crippen LogP contribution in [0.25, 0.3) is 0 Å². The molecule has 0 aromatic carbocycles. The fraction of sp³-hybridized carbons (Fsp3) is 0.500. The second-order valence-electron chi connectivity index (χ2n) is 6.73. The number of hydrogen-bond acceptors (Lipinski definition) is 4. The van der Waals surface area contributed by atoms with Gasteiger partial charge in [0.1, 0.15) is 6.04 Å². The quantitative estimate of drug-likeness (QED) is 0.932. The lowest BCUT2D eigenvalue weighted by Gasteiger charge is -2.36. The largest absolute Gasteiger partial charge is 0.350 e. The Morgan fingerprint density at radius 1 is 1.25 bits per heavy atom. The fourth-order valence-electron chi connectivity index (χ4n) is 3.87. The molecule has 3 heterocycles. The number of aromatic nitrogens is 3. The first-order valence-corrected chi connectivity index (χ1v) is 8.74. The first-order valence-electron chi connectivity index (χ1n) is 8.74. The normalized spacial score (nSPS) is 21.6. The van der Waals surface area contributed by atoms with Crippen LogP contribution in [0.3, 0.4) is 0 Å². The molecule has 0 saturated heterocycles. The molecule has 1 amide bonds. The second-order valence-corrected chi connectivity index (χ2v) is 6.73. The predicted molar refractivity (Wildman–Crippen MR) is 90.0 cm³/mol. The average molecular weight is 325 g/mol. The molecule has 6 heteroatoms. The van der Waals surface area contributed by atoms with Gasteiger partial charge in [0.2, 0.25) is 5.91 Å². The lowest BCUT2D eigenvalue weighted by Crippen LogP contribution is -2.47. The summed E-state index contributed by atoms with van der Waals surface area (Å²) in [5, 5.41) is 7.44. The van der Waals surface area contributed by atoms with Crippen molar-refractivity contribution in [1.82, 2.24) is 25.0 Å². The van der Waals surface area contributed by atoms with Gasteiger partial charge in [-0.2, -0.15) is 5.10 Å². The minimum absolute atomic E-state index is 0.0338. The van der Waals surface area contributed by atoms with E-state index in [0.717, 1.165) is 24.3 Å². The van der Waals surface area contributed by atoms with Crippen molar-refractivity contribution in [3.05, 3.63) is 48.0 Å². The van der Waals surface area contributed by atoms with Crippen molar-refractivity contribution in [3.8, 4) is 0 Å². The van der Waals surface area contributed by atoms with Crippen LogP contribution < -0.4 is 5.32 Å². The number of amides is 1. The summed E-state index contributed by atoms with van der Waals surface area (Å²) in [6, 6.07) is 6.25. The molecule has 2 aliphatic rings. The third-order valence-electron chi connectivity index (χ3n) is 5.15. The molecule has 1 aliphatic heterocycles. The standard InChI is InChI=1S/C18H23N5O/c24-18(20-11-14-4-3-8-19-10-14)17-13-22(15-5-1-2-6-15)12-16-7-9-21-23(16)17/h3-4,7-10,15,17H,1-2,5-6,11-13H2,(H,20,24)/t17-/m0/s1. The molecule has 1 atom stereocenters. The Balaban J connectivity index is 1.47. The van der Waals surface area contributed by atoms with Crippen LogP contribution in [-0.4, -0.2) is 38.2 Å². The lowest BCUT2D eigenvalue weighted by atomic mass is 10.1. The molecule has 1 saturated carbocycles. The highest BCUT2D eigenvalue weighted by Gasteiger charge is 2.34. The molecule has 2 aromatic heterocycles.